The van der Waals surface area contributed by atoms with Crippen LogP contribution in [0.2, 0.25) is 10.0 Å². The van der Waals surface area contributed by atoms with E-state index in [1.807, 2.05) is 12.2 Å². The van der Waals surface area contributed by atoms with Crippen molar-refractivity contribution < 1.29 is 48.0 Å². The highest BCUT2D eigenvalue weighted by Gasteiger charge is 2.44. The Morgan fingerprint density at radius 3 is 2.42 bits per heavy atom. The van der Waals surface area contributed by atoms with Crippen molar-refractivity contribution in [3.63, 3.8) is 0 Å². The van der Waals surface area contributed by atoms with Crippen LogP contribution in [0.25, 0.3) is 0 Å². The molecule has 2 unspecified atom stereocenters. The number of aliphatic hydroxyl groups is 1. The van der Waals surface area contributed by atoms with Crippen molar-refractivity contribution >= 4 is 86.1 Å². The smallest absolute Gasteiger partial charge is 0.469 e. The fraction of sp³-hybridized carbons (Fsp3) is 0.537. The number of methoxy groups -OCH3 is 1. The van der Waals surface area contributed by atoms with Gasteiger partial charge >= 0.3 is 18.2 Å². The molecule has 312 valence electrons. The van der Waals surface area contributed by atoms with Crippen LogP contribution in [0.4, 0.5) is 21.0 Å². The quantitative estimate of drug-likeness (QED) is 0.0427. The number of ketones is 1. The number of para-hydroxylation sites is 2. The molecule has 12 nitrogen and oxygen atoms in total. The van der Waals surface area contributed by atoms with Crippen LogP contribution in [0.1, 0.15) is 76.7 Å². The van der Waals surface area contributed by atoms with Crippen LogP contribution in [-0.2, 0) is 39.8 Å². The molecule has 5 atom stereocenters. The summed E-state index contributed by atoms with van der Waals surface area (Å²) in [7, 11) is 4.18. The van der Waals surface area contributed by atoms with Gasteiger partial charge in [0.25, 0.3) is 0 Å². The third kappa shape index (κ3) is 14.7. The number of hydrogen-bond acceptors (Lipinski definition) is 13. The van der Waals surface area contributed by atoms with Crippen molar-refractivity contribution in [2.45, 2.75) is 89.3 Å². The number of anilines is 2. The van der Waals surface area contributed by atoms with Crippen LogP contribution >= 0.6 is 44.8 Å². The number of hydrogen-bond donors (Lipinski definition) is 3. The highest BCUT2D eigenvalue weighted by Crippen LogP contribution is 2.41. The molecule has 2 aliphatic rings. The Morgan fingerprint density at radius 2 is 1.70 bits per heavy atom. The van der Waals surface area contributed by atoms with Gasteiger partial charge in [-0.1, -0.05) is 107 Å². The van der Waals surface area contributed by atoms with Crippen molar-refractivity contribution in [3.05, 3.63) is 70.2 Å². The minimum atomic E-state index is -0.987. The maximum absolute atomic E-state index is 13.1. The lowest BCUT2D eigenvalue weighted by Crippen LogP contribution is -2.38. The first kappa shape index (κ1) is 46.3. The Bertz CT molecular complexity index is 1690. The molecule has 1 fully saturated rings. The van der Waals surface area contributed by atoms with E-state index in [4.69, 9.17) is 42.1 Å². The van der Waals surface area contributed by atoms with Gasteiger partial charge in [0, 0.05) is 41.9 Å². The topological polar surface area (TPSA) is 167 Å². The molecule has 0 heterocycles. The maximum Gasteiger partial charge on any atom is 0.508 e. The molecule has 4 rings (SSSR count). The van der Waals surface area contributed by atoms with Crippen LogP contribution < -0.4 is 10.6 Å². The zero-order valence-electron chi connectivity index (χ0n) is 32.3. The highest BCUT2D eigenvalue weighted by atomic mass is 35.5. The fourth-order valence-corrected chi connectivity index (χ4v) is 9.40. The molecule has 2 aromatic carbocycles. The van der Waals surface area contributed by atoms with Crippen molar-refractivity contribution in [2.75, 3.05) is 37.1 Å². The van der Waals surface area contributed by atoms with Gasteiger partial charge in [0.1, 0.15) is 25.1 Å². The number of carbonyl (C=O) groups excluding carboxylic acids is 5. The number of carbonyl (C=O) groups is 5. The predicted molar refractivity (Wildman–Crippen MR) is 224 cm³/mol. The van der Waals surface area contributed by atoms with Crippen LogP contribution in [-0.4, -0.2) is 78.5 Å². The van der Waals surface area contributed by atoms with Gasteiger partial charge in [-0.25, -0.2) is 9.59 Å². The summed E-state index contributed by atoms with van der Waals surface area (Å²) in [5.74, 6) is -0.637. The van der Waals surface area contributed by atoms with E-state index in [2.05, 4.69) is 17.6 Å². The average Bonchev–Trinajstić information content (AvgIpc) is 3.47. The van der Waals surface area contributed by atoms with E-state index in [1.165, 1.54) is 28.7 Å². The zero-order chi connectivity index (χ0) is 41.2. The number of fused-ring (bicyclic) bond motifs is 1. The third-order valence-corrected chi connectivity index (χ3v) is 13.2. The van der Waals surface area contributed by atoms with Gasteiger partial charge in [-0.2, -0.15) is 0 Å². The Hall–Kier alpha value is -3.43. The number of alkyl carbamates (subject to hydrolysis) is 1. The van der Waals surface area contributed by atoms with Crippen molar-refractivity contribution in [2.24, 2.45) is 17.8 Å². The van der Waals surface area contributed by atoms with Gasteiger partial charge in [0.05, 0.1) is 34.9 Å². The molecule has 16 heteroatoms. The predicted octanol–water partition coefficient (Wildman–Crippen LogP) is 9.26. The van der Waals surface area contributed by atoms with E-state index in [0.29, 0.717) is 77.0 Å². The summed E-state index contributed by atoms with van der Waals surface area (Å²) >= 11 is 12.5. The molecule has 57 heavy (non-hydrogen) atoms. The van der Waals surface area contributed by atoms with Gasteiger partial charge < -0.3 is 29.4 Å². The Morgan fingerprint density at radius 1 is 0.982 bits per heavy atom. The standard InChI is InChI=1S/C41H52Cl2N2O10S2/c1-3-4-19-41(51)20-9-13-30-29(12-7-11-28(41)17-18-37(48)52-2)34(46)26-35(30)55-40(50)54-22-24-57-56-23-21-53-39(49)45-36(47)25-27-10-5-6-16-33(27)44-38-31(42)14-8-15-32(38)43/h5-6,8-10,13-16,28-30,35,44,51H,3-4,7,11-12,17-26H2,1-2H3,(H,45,47,49)/b13-9+/t28?,29-,30-,35-,41?/m1/s1. The lowest BCUT2D eigenvalue weighted by Gasteiger charge is -2.37. The van der Waals surface area contributed by atoms with Crippen LogP contribution in [0.15, 0.2) is 54.6 Å². The van der Waals surface area contributed by atoms with E-state index >= 15 is 0 Å². The van der Waals surface area contributed by atoms with Crippen LogP contribution in [0, 0.1) is 17.8 Å². The molecule has 0 aliphatic heterocycles. The molecule has 0 aromatic heterocycles. The fourth-order valence-electron chi connectivity index (χ4n) is 7.25. The number of ether oxygens (including phenoxy) is 4. The van der Waals surface area contributed by atoms with E-state index in [0.717, 1.165) is 12.8 Å². The molecule has 0 saturated heterocycles. The number of amides is 2. The van der Waals surface area contributed by atoms with Gasteiger partial charge in [-0.3, -0.25) is 19.7 Å². The second-order valence-electron chi connectivity index (χ2n) is 14.1. The number of rotatable bonds is 18. The molecule has 0 bridgehead atoms. The number of halogens is 2. The highest BCUT2D eigenvalue weighted by molar-refractivity contribution is 8.76. The first-order valence-corrected chi connectivity index (χ1v) is 22.5. The second kappa shape index (κ2) is 23.8. The average molecular weight is 868 g/mol. The van der Waals surface area contributed by atoms with Gasteiger partial charge in [0.15, 0.2) is 0 Å². The first-order chi connectivity index (χ1) is 27.4. The summed E-state index contributed by atoms with van der Waals surface area (Å²) in [4.78, 5) is 62.4. The lowest BCUT2D eigenvalue weighted by molar-refractivity contribution is -0.141. The molecule has 0 radical (unpaired) electrons. The second-order valence-corrected chi connectivity index (χ2v) is 17.6. The summed E-state index contributed by atoms with van der Waals surface area (Å²) in [5, 5.41) is 18.0. The van der Waals surface area contributed by atoms with Crippen molar-refractivity contribution in [1.29, 1.82) is 0 Å². The van der Waals surface area contributed by atoms with E-state index < -0.39 is 29.9 Å². The van der Waals surface area contributed by atoms with Crippen molar-refractivity contribution in [1.82, 2.24) is 5.32 Å². The number of unbranched alkanes of at least 4 members (excludes halogenated alkanes) is 1. The maximum atomic E-state index is 13.1. The Kier molecular flexibility index (Phi) is 19.4. The van der Waals surface area contributed by atoms with E-state index in [9.17, 15) is 29.1 Å². The van der Waals surface area contributed by atoms with Crippen LogP contribution in [0.5, 0.6) is 0 Å². The summed E-state index contributed by atoms with van der Waals surface area (Å²) in [5.41, 5.74) is 0.761. The largest absolute Gasteiger partial charge is 0.508 e. The summed E-state index contributed by atoms with van der Waals surface area (Å²) in [6.07, 6.45) is 6.98. The monoisotopic (exact) mass is 866 g/mol. The number of Topliss-reactive ketones (excluding diaryl/α,β-unsaturated/α-hetero) is 1. The van der Waals surface area contributed by atoms with Gasteiger partial charge in [-0.15, -0.1) is 0 Å². The summed E-state index contributed by atoms with van der Waals surface area (Å²) < 4.78 is 20.9. The molecule has 2 aliphatic carbocycles. The number of imide groups is 1. The molecule has 3 N–H and O–H groups in total. The summed E-state index contributed by atoms with van der Waals surface area (Å²) in [6, 6.07) is 12.2. The van der Waals surface area contributed by atoms with E-state index in [-0.39, 0.29) is 62.0 Å². The molecular formula is C41H52Cl2N2O10S2. The molecular weight excluding hydrogens is 815 g/mol. The van der Waals surface area contributed by atoms with Crippen LogP contribution in [0.3, 0.4) is 0 Å². The number of esters is 1. The van der Waals surface area contributed by atoms with Gasteiger partial charge in [-0.05, 0) is 61.8 Å². The normalized spacial score (nSPS) is 22.4. The minimum absolute atomic E-state index is 0.0422. The number of nitrogens with one attached hydrogen (secondary N) is 2. The molecule has 1 saturated carbocycles. The SMILES string of the molecule is CCCCC1(O)C/C=C/[C@H]2[C@H](OC(=O)OCCSSCCOC(=O)NC(=O)Cc3ccccc3Nc3c(Cl)cccc3Cl)CC(=O)[C@@H]2CCCC1CCC(=O)OC. The molecule has 2 amide bonds. The van der Waals surface area contributed by atoms with Gasteiger partial charge in [0.2, 0.25) is 5.91 Å². The molecule has 2 aromatic rings. The number of benzene rings is 2. The minimum Gasteiger partial charge on any atom is -0.469 e. The van der Waals surface area contributed by atoms with Crippen molar-refractivity contribution in [3.8, 4) is 0 Å². The lowest BCUT2D eigenvalue weighted by atomic mass is 9.73. The third-order valence-electron chi connectivity index (χ3n) is 10.2. The van der Waals surface area contributed by atoms with E-state index in [1.54, 1.807) is 42.5 Å². The molecule has 0 spiro atoms. The zero-order valence-corrected chi connectivity index (χ0v) is 35.5. The summed E-state index contributed by atoms with van der Waals surface area (Å²) in [6.45, 7) is 2.20. The Balaban J connectivity index is 1.13. The first-order valence-electron chi connectivity index (χ1n) is 19.3. The Labute approximate surface area is 352 Å².